The van der Waals surface area contributed by atoms with E-state index in [4.69, 9.17) is 4.74 Å². The molecular weight excluding hydrogens is 262 g/mol. The van der Waals surface area contributed by atoms with Crippen molar-refractivity contribution < 1.29 is 18.6 Å². The minimum absolute atomic E-state index is 0.120. The number of ether oxygens (including phenoxy) is 1. The van der Waals surface area contributed by atoms with E-state index < -0.39 is 12.0 Å². The maximum atomic E-state index is 13.2. The van der Waals surface area contributed by atoms with E-state index in [-0.39, 0.29) is 18.8 Å². The first-order valence-electron chi connectivity index (χ1n) is 7.05. The maximum absolute atomic E-state index is 13.2. The topological polar surface area (TPSA) is 29.5 Å². The van der Waals surface area contributed by atoms with E-state index in [2.05, 4.69) is 0 Å². The number of rotatable bonds is 3. The molecule has 2 rings (SSSR count). The number of aryl methyl sites for hydroxylation is 2. The Morgan fingerprint density at radius 1 is 1.25 bits per heavy atom. The molecule has 0 heterocycles. The Balaban J connectivity index is 2.23. The third-order valence-electron chi connectivity index (χ3n) is 4.22. The fourth-order valence-corrected chi connectivity index (χ4v) is 3.10. The van der Waals surface area contributed by atoms with Crippen molar-refractivity contribution in [3.05, 3.63) is 28.8 Å². The fraction of sp³-hybridized carbons (Fsp3) is 0.625. The summed E-state index contributed by atoms with van der Waals surface area (Å²) in [5, 5.41) is 10.6. The molecule has 1 fully saturated rings. The Morgan fingerprint density at radius 3 is 2.40 bits per heavy atom. The Labute approximate surface area is 118 Å². The van der Waals surface area contributed by atoms with Gasteiger partial charge in [0.25, 0.3) is 0 Å². The fourth-order valence-electron chi connectivity index (χ4n) is 3.10. The van der Waals surface area contributed by atoms with Gasteiger partial charge in [-0.1, -0.05) is 6.07 Å². The summed E-state index contributed by atoms with van der Waals surface area (Å²) >= 11 is 0. The first kappa shape index (κ1) is 15.2. The van der Waals surface area contributed by atoms with Crippen molar-refractivity contribution in [1.29, 1.82) is 0 Å². The molecule has 20 heavy (non-hydrogen) atoms. The lowest BCUT2D eigenvalue weighted by Crippen LogP contribution is -2.28. The zero-order valence-electron chi connectivity index (χ0n) is 12.2. The molecule has 1 aliphatic carbocycles. The van der Waals surface area contributed by atoms with Gasteiger partial charge in [-0.15, -0.1) is 0 Å². The summed E-state index contributed by atoms with van der Waals surface area (Å²) in [6, 6.07) is 3.86. The molecule has 112 valence electrons. The zero-order valence-corrected chi connectivity index (χ0v) is 12.2. The summed E-state index contributed by atoms with van der Waals surface area (Å²) in [5.41, 5.74) is 2.76. The highest BCUT2D eigenvalue weighted by Crippen LogP contribution is 2.44. The summed E-state index contributed by atoms with van der Waals surface area (Å²) < 4.78 is 31.8. The number of halogens is 2. The first-order valence-corrected chi connectivity index (χ1v) is 7.05. The SMILES string of the molecule is COc1cc(C)cc(C)c1C(O)C1CCC(F)(F)CC1. The van der Waals surface area contributed by atoms with Gasteiger partial charge in [0.05, 0.1) is 13.2 Å². The van der Waals surface area contributed by atoms with Crippen molar-refractivity contribution >= 4 is 0 Å². The Kier molecular flexibility index (Phi) is 4.33. The van der Waals surface area contributed by atoms with Crippen LogP contribution in [0.5, 0.6) is 5.75 Å². The van der Waals surface area contributed by atoms with Gasteiger partial charge in [0.15, 0.2) is 0 Å². The first-order chi connectivity index (χ1) is 9.34. The van der Waals surface area contributed by atoms with E-state index >= 15 is 0 Å². The smallest absolute Gasteiger partial charge is 0.248 e. The van der Waals surface area contributed by atoms with Crippen LogP contribution in [0.25, 0.3) is 0 Å². The Morgan fingerprint density at radius 2 is 1.85 bits per heavy atom. The van der Waals surface area contributed by atoms with Crippen molar-refractivity contribution in [3.8, 4) is 5.75 Å². The second-order valence-electron chi connectivity index (χ2n) is 5.84. The molecule has 0 spiro atoms. The van der Waals surface area contributed by atoms with Gasteiger partial charge >= 0.3 is 0 Å². The molecule has 1 atom stereocenters. The molecule has 1 saturated carbocycles. The Bertz CT molecular complexity index is 476. The molecule has 0 aliphatic heterocycles. The van der Waals surface area contributed by atoms with Gasteiger partial charge in [0.1, 0.15) is 5.75 Å². The molecule has 1 aromatic carbocycles. The van der Waals surface area contributed by atoms with Crippen molar-refractivity contribution in [3.63, 3.8) is 0 Å². The molecule has 0 aromatic heterocycles. The van der Waals surface area contributed by atoms with E-state index in [0.29, 0.717) is 18.6 Å². The third kappa shape index (κ3) is 3.11. The van der Waals surface area contributed by atoms with E-state index in [9.17, 15) is 13.9 Å². The molecule has 0 amide bonds. The molecule has 0 bridgehead atoms. The summed E-state index contributed by atoms with van der Waals surface area (Å²) in [6.07, 6.45) is -0.305. The van der Waals surface area contributed by atoms with Gasteiger partial charge in [0.2, 0.25) is 5.92 Å². The molecule has 4 heteroatoms. The van der Waals surface area contributed by atoms with E-state index in [1.807, 2.05) is 26.0 Å². The second-order valence-corrected chi connectivity index (χ2v) is 5.84. The lowest BCUT2D eigenvalue weighted by Gasteiger charge is -2.32. The number of aliphatic hydroxyl groups excluding tert-OH is 1. The number of aliphatic hydroxyl groups is 1. The number of hydrogen-bond acceptors (Lipinski definition) is 2. The number of alkyl halides is 2. The van der Waals surface area contributed by atoms with Gasteiger partial charge < -0.3 is 9.84 Å². The summed E-state index contributed by atoms with van der Waals surface area (Å²) in [5.74, 6) is -2.04. The van der Waals surface area contributed by atoms with Gasteiger partial charge in [-0.2, -0.15) is 0 Å². The van der Waals surface area contributed by atoms with Crippen LogP contribution in [0.3, 0.4) is 0 Å². The van der Waals surface area contributed by atoms with Gasteiger partial charge in [-0.25, -0.2) is 8.78 Å². The highest BCUT2D eigenvalue weighted by atomic mass is 19.3. The normalized spacial score (nSPS) is 20.7. The van der Waals surface area contributed by atoms with Crippen molar-refractivity contribution in [2.75, 3.05) is 7.11 Å². The van der Waals surface area contributed by atoms with Crippen molar-refractivity contribution in [2.45, 2.75) is 51.6 Å². The number of methoxy groups -OCH3 is 1. The summed E-state index contributed by atoms with van der Waals surface area (Å²) in [6.45, 7) is 3.89. The maximum Gasteiger partial charge on any atom is 0.248 e. The van der Waals surface area contributed by atoms with Crippen LogP contribution in [0.1, 0.15) is 48.5 Å². The third-order valence-corrected chi connectivity index (χ3v) is 4.22. The van der Waals surface area contributed by atoms with Crippen LogP contribution in [-0.2, 0) is 0 Å². The van der Waals surface area contributed by atoms with Crippen LogP contribution in [0.2, 0.25) is 0 Å². The molecule has 1 N–H and O–H groups in total. The minimum atomic E-state index is -2.57. The molecule has 1 aliphatic rings. The molecule has 0 saturated heterocycles. The molecule has 1 aromatic rings. The summed E-state index contributed by atoms with van der Waals surface area (Å²) in [4.78, 5) is 0. The predicted octanol–water partition coefficient (Wildman–Crippen LogP) is 4.17. The molecule has 1 unspecified atom stereocenters. The van der Waals surface area contributed by atoms with Crippen LogP contribution in [0, 0.1) is 19.8 Å². The highest BCUT2D eigenvalue weighted by molar-refractivity contribution is 5.44. The van der Waals surface area contributed by atoms with Crippen LogP contribution in [0.4, 0.5) is 8.78 Å². The average molecular weight is 284 g/mol. The van der Waals surface area contributed by atoms with E-state index in [1.54, 1.807) is 7.11 Å². The van der Waals surface area contributed by atoms with Crippen LogP contribution in [-0.4, -0.2) is 18.1 Å². The van der Waals surface area contributed by atoms with Crippen LogP contribution in [0.15, 0.2) is 12.1 Å². The summed E-state index contributed by atoms with van der Waals surface area (Å²) in [7, 11) is 1.57. The van der Waals surface area contributed by atoms with Crippen molar-refractivity contribution in [1.82, 2.24) is 0 Å². The molecule has 0 radical (unpaired) electrons. The molecule has 2 nitrogen and oxygen atoms in total. The number of benzene rings is 1. The number of hydrogen-bond donors (Lipinski definition) is 1. The lowest BCUT2D eigenvalue weighted by atomic mass is 9.80. The van der Waals surface area contributed by atoms with E-state index in [0.717, 1.165) is 16.7 Å². The van der Waals surface area contributed by atoms with Crippen molar-refractivity contribution in [2.24, 2.45) is 5.92 Å². The van der Waals surface area contributed by atoms with Gasteiger partial charge in [-0.3, -0.25) is 0 Å². The highest BCUT2D eigenvalue weighted by Gasteiger charge is 2.38. The monoisotopic (exact) mass is 284 g/mol. The largest absolute Gasteiger partial charge is 0.496 e. The second kappa shape index (κ2) is 5.68. The standard InChI is InChI=1S/C16H22F2O2/c1-10-8-11(2)14(13(9-10)20-3)15(19)12-4-6-16(17,18)7-5-12/h8-9,12,15,19H,4-7H2,1-3H3. The Hall–Kier alpha value is -1.16. The van der Waals surface area contributed by atoms with E-state index in [1.165, 1.54) is 0 Å². The molecular formula is C16H22F2O2. The van der Waals surface area contributed by atoms with Crippen LogP contribution < -0.4 is 4.74 Å². The quantitative estimate of drug-likeness (QED) is 0.902. The van der Waals surface area contributed by atoms with Gasteiger partial charge in [-0.05, 0) is 49.8 Å². The van der Waals surface area contributed by atoms with Crippen LogP contribution >= 0.6 is 0 Å². The van der Waals surface area contributed by atoms with Gasteiger partial charge in [0, 0.05) is 18.4 Å². The lowest BCUT2D eigenvalue weighted by molar-refractivity contribution is -0.0629. The predicted molar refractivity (Wildman–Crippen MR) is 74.3 cm³/mol. The zero-order chi connectivity index (χ0) is 14.9. The minimum Gasteiger partial charge on any atom is -0.496 e. The average Bonchev–Trinajstić information content (AvgIpc) is 2.37.